The van der Waals surface area contributed by atoms with Crippen molar-refractivity contribution in [2.24, 2.45) is 5.73 Å². The molecular formula is C14H14FN3O. The number of nitrogens with two attached hydrogens (primary N) is 2. The lowest BCUT2D eigenvalue weighted by Crippen LogP contribution is -2.14. The minimum absolute atomic E-state index is 0.254. The van der Waals surface area contributed by atoms with Gasteiger partial charge in [0.05, 0.1) is 16.9 Å². The van der Waals surface area contributed by atoms with Crippen molar-refractivity contribution in [1.82, 2.24) is 0 Å². The zero-order chi connectivity index (χ0) is 14.0. The third-order valence-corrected chi connectivity index (χ3v) is 2.83. The largest absolute Gasteiger partial charge is 0.396 e. The summed E-state index contributed by atoms with van der Waals surface area (Å²) in [5, 5.41) is 3.06. The van der Waals surface area contributed by atoms with E-state index in [9.17, 15) is 9.18 Å². The molecule has 0 radical (unpaired) electrons. The van der Waals surface area contributed by atoms with Gasteiger partial charge in [0, 0.05) is 5.69 Å². The second kappa shape index (κ2) is 4.97. The number of anilines is 3. The highest BCUT2D eigenvalue weighted by atomic mass is 19.1. The van der Waals surface area contributed by atoms with Gasteiger partial charge in [-0.05, 0) is 42.8 Å². The summed E-state index contributed by atoms with van der Waals surface area (Å²) in [6.45, 7) is 1.78. The molecule has 2 aromatic rings. The first-order chi connectivity index (χ1) is 8.99. The number of primary amides is 1. The number of amides is 1. The van der Waals surface area contributed by atoms with Crippen LogP contribution in [0.2, 0.25) is 0 Å². The average molecular weight is 259 g/mol. The van der Waals surface area contributed by atoms with E-state index in [0.29, 0.717) is 5.69 Å². The van der Waals surface area contributed by atoms with Crippen LogP contribution in [0.1, 0.15) is 15.9 Å². The predicted molar refractivity (Wildman–Crippen MR) is 73.8 cm³/mol. The molecule has 0 aliphatic heterocycles. The SMILES string of the molecule is Cc1cc(F)ccc1Nc1cccc(C(N)=O)c1N. The molecule has 5 heteroatoms. The fourth-order valence-corrected chi connectivity index (χ4v) is 1.80. The van der Waals surface area contributed by atoms with Gasteiger partial charge in [0.15, 0.2) is 0 Å². The molecule has 2 rings (SSSR count). The molecule has 0 aliphatic carbocycles. The highest BCUT2D eigenvalue weighted by molar-refractivity contribution is 6.01. The Hall–Kier alpha value is -2.56. The number of nitrogens with one attached hydrogen (secondary N) is 1. The molecule has 5 N–H and O–H groups in total. The maximum Gasteiger partial charge on any atom is 0.250 e. The summed E-state index contributed by atoms with van der Waals surface area (Å²) in [4.78, 5) is 11.2. The van der Waals surface area contributed by atoms with Gasteiger partial charge >= 0.3 is 0 Å². The van der Waals surface area contributed by atoms with Crippen LogP contribution < -0.4 is 16.8 Å². The van der Waals surface area contributed by atoms with Gasteiger partial charge in [-0.1, -0.05) is 6.07 Å². The number of rotatable bonds is 3. The molecule has 4 nitrogen and oxygen atoms in total. The molecule has 0 saturated carbocycles. The van der Waals surface area contributed by atoms with Crippen LogP contribution >= 0.6 is 0 Å². The Morgan fingerprint density at radius 3 is 2.58 bits per heavy atom. The molecule has 0 bridgehead atoms. The van der Waals surface area contributed by atoms with Crippen LogP contribution in [0.15, 0.2) is 36.4 Å². The summed E-state index contributed by atoms with van der Waals surface area (Å²) >= 11 is 0. The van der Waals surface area contributed by atoms with E-state index in [0.717, 1.165) is 11.3 Å². The van der Waals surface area contributed by atoms with Crippen LogP contribution in [0.4, 0.5) is 21.5 Å². The van der Waals surface area contributed by atoms with E-state index in [1.54, 1.807) is 31.2 Å². The monoisotopic (exact) mass is 259 g/mol. The van der Waals surface area contributed by atoms with Gasteiger partial charge in [0.25, 0.3) is 5.91 Å². The average Bonchev–Trinajstić information content (AvgIpc) is 2.34. The minimum atomic E-state index is -0.586. The zero-order valence-corrected chi connectivity index (χ0v) is 10.4. The zero-order valence-electron chi connectivity index (χ0n) is 10.4. The lowest BCUT2D eigenvalue weighted by Gasteiger charge is -2.13. The quantitative estimate of drug-likeness (QED) is 0.741. The number of hydrogen-bond donors (Lipinski definition) is 3. The van der Waals surface area contributed by atoms with Crippen LogP contribution in [-0.4, -0.2) is 5.91 Å². The number of nitrogen functional groups attached to an aromatic ring is 1. The van der Waals surface area contributed by atoms with Crippen molar-refractivity contribution in [2.45, 2.75) is 6.92 Å². The number of aryl methyl sites for hydroxylation is 1. The van der Waals surface area contributed by atoms with Crippen LogP contribution in [0, 0.1) is 12.7 Å². The molecule has 1 amide bonds. The number of carbonyl (C=O) groups excluding carboxylic acids is 1. The Morgan fingerprint density at radius 2 is 1.95 bits per heavy atom. The molecule has 0 heterocycles. The van der Waals surface area contributed by atoms with Crippen molar-refractivity contribution in [3.05, 3.63) is 53.3 Å². The van der Waals surface area contributed by atoms with Gasteiger partial charge in [0.2, 0.25) is 0 Å². The van der Waals surface area contributed by atoms with Gasteiger partial charge in [-0.2, -0.15) is 0 Å². The smallest absolute Gasteiger partial charge is 0.250 e. The summed E-state index contributed by atoms with van der Waals surface area (Å²) in [6.07, 6.45) is 0. The Labute approximate surface area is 110 Å². The number of halogens is 1. The third-order valence-electron chi connectivity index (χ3n) is 2.83. The van der Waals surface area contributed by atoms with E-state index < -0.39 is 5.91 Å². The molecule has 0 fully saturated rings. The van der Waals surface area contributed by atoms with Crippen LogP contribution in [0.3, 0.4) is 0 Å². The number of benzene rings is 2. The van der Waals surface area contributed by atoms with Crippen molar-refractivity contribution in [1.29, 1.82) is 0 Å². The van der Waals surface area contributed by atoms with E-state index in [4.69, 9.17) is 11.5 Å². The summed E-state index contributed by atoms with van der Waals surface area (Å²) in [6, 6.07) is 9.34. The second-order valence-electron chi connectivity index (χ2n) is 4.22. The molecule has 0 aliphatic rings. The summed E-state index contributed by atoms with van der Waals surface area (Å²) < 4.78 is 13.0. The molecular weight excluding hydrogens is 245 g/mol. The lowest BCUT2D eigenvalue weighted by atomic mass is 10.1. The highest BCUT2D eigenvalue weighted by Crippen LogP contribution is 2.27. The van der Waals surface area contributed by atoms with Crippen LogP contribution in [-0.2, 0) is 0 Å². The number of carbonyl (C=O) groups is 1. The van der Waals surface area contributed by atoms with Crippen molar-refractivity contribution >= 4 is 23.0 Å². The minimum Gasteiger partial charge on any atom is -0.396 e. The lowest BCUT2D eigenvalue weighted by molar-refractivity contribution is 0.100. The summed E-state index contributed by atoms with van der Waals surface area (Å²) in [5.41, 5.74) is 13.7. The van der Waals surface area contributed by atoms with E-state index in [2.05, 4.69) is 5.32 Å². The third kappa shape index (κ3) is 2.65. The van der Waals surface area contributed by atoms with Crippen LogP contribution in [0.5, 0.6) is 0 Å². The molecule has 2 aromatic carbocycles. The van der Waals surface area contributed by atoms with Crippen molar-refractivity contribution in [3.63, 3.8) is 0 Å². The van der Waals surface area contributed by atoms with Gasteiger partial charge < -0.3 is 16.8 Å². The van der Waals surface area contributed by atoms with Crippen LogP contribution in [0.25, 0.3) is 0 Å². The Morgan fingerprint density at radius 1 is 1.21 bits per heavy atom. The fraction of sp³-hybridized carbons (Fsp3) is 0.0714. The Bertz CT molecular complexity index is 641. The second-order valence-corrected chi connectivity index (χ2v) is 4.22. The number of para-hydroxylation sites is 1. The van der Waals surface area contributed by atoms with Gasteiger partial charge in [-0.15, -0.1) is 0 Å². The fourth-order valence-electron chi connectivity index (χ4n) is 1.80. The van der Waals surface area contributed by atoms with E-state index in [1.807, 2.05) is 0 Å². The Balaban J connectivity index is 2.38. The predicted octanol–water partition coefficient (Wildman–Crippen LogP) is 2.56. The molecule has 0 unspecified atom stereocenters. The van der Waals surface area contributed by atoms with Gasteiger partial charge in [-0.3, -0.25) is 4.79 Å². The first kappa shape index (κ1) is 12.9. The first-order valence-corrected chi connectivity index (χ1v) is 5.70. The molecule has 0 spiro atoms. The molecule has 98 valence electrons. The van der Waals surface area contributed by atoms with Crippen molar-refractivity contribution < 1.29 is 9.18 Å². The van der Waals surface area contributed by atoms with Crippen molar-refractivity contribution in [3.8, 4) is 0 Å². The van der Waals surface area contributed by atoms with E-state index in [1.165, 1.54) is 12.1 Å². The first-order valence-electron chi connectivity index (χ1n) is 5.70. The molecule has 0 saturated heterocycles. The molecule has 19 heavy (non-hydrogen) atoms. The normalized spacial score (nSPS) is 10.2. The molecule has 0 atom stereocenters. The standard InChI is InChI=1S/C14H14FN3O/c1-8-7-9(15)5-6-11(8)18-12-4-2-3-10(13(12)16)14(17)19/h2-7,18H,16H2,1H3,(H2,17,19). The van der Waals surface area contributed by atoms with Gasteiger partial charge in [0.1, 0.15) is 5.82 Å². The van der Waals surface area contributed by atoms with E-state index in [-0.39, 0.29) is 17.1 Å². The van der Waals surface area contributed by atoms with Gasteiger partial charge in [-0.25, -0.2) is 4.39 Å². The maximum absolute atomic E-state index is 13.0. The maximum atomic E-state index is 13.0. The number of hydrogen-bond acceptors (Lipinski definition) is 3. The van der Waals surface area contributed by atoms with Crippen molar-refractivity contribution in [2.75, 3.05) is 11.1 Å². The van der Waals surface area contributed by atoms with E-state index >= 15 is 0 Å². The Kier molecular flexibility index (Phi) is 3.37. The summed E-state index contributed by atoms with van der Waals surface area (Å²) in [5.74, 6) is -0.890. The molecule has 0 aromatic heterocycles. The highest BCUT2D eigenvalue weighted by Gasteiger charge is 2.10. The summed E-state index contributed by atoms with van der Waals surface area (Å²) in [7, 11) is 0. The topological polar surface area (TPSA) is 81.1 Å².